The van der Waals surface area contributed by atoms with Crippen LogP contribution in [0.1, 0.15) is 19.8 Å². The van der Waals surface area contributed by atoms with Crippen LogP contribution in [0.15, 0.2) is 24.5 Å². The first kappa shape index (κ1) is 9.96. The summed E-state index contributed by atoms with van der Waals surface area (Å²) in [7, 11) is 0. The molecule has 0 radical (unpaired) electrons. The molecule has 2 rings (SSSR count). The Morgan fingerprint density at radius 2 is 2.20 bits per heavy atom. The Kier molecular flexibility index (Phi) is 2.34. The summed E-state index contributed by atoms with van der Waals surface area (Å²) in [6, 6.07) is 3.71. The van der Waals surface area contributed by atoms with Crippen molar-refractivity contribution in [1.29, 1.82) is 0 Å². The van der Waals surface area contributed by atoms with Gasteiger partial charge in [0.05, 0.1) is 0 Å². The minimum Gasteiger partial charge on any atom is -0.480 e. The molecule has 15 heavy (non-hydrogen) atoms. The second-order valence-corrected chi connectivity index (χ2v) is 4.04. The van der Waals surface area contributed by atoms with Crippen molar-refractivity contribution in [2.45, 2.75) is 25.3 Å². The number of carboxylic acid groups (broad SMARTS) is 1. The second-order valence-electron chi connectivity index (χ2n) is 4.04. The Bertz CT molecular complexity index is 366. The average molecular weight is 206 g/mol. The quantitative estimate of drug-likeness (QED) is 0.797. The lowest BCUT2D eigenvalue weighted by atomic mass is 9.99. The zero-order valence-electron chi connectivity index (χ0n) is 8.68. The van der Waals surface area contributed by atoms with E-state index in [9.17, 15) is 9.90 Å². The molecule has 1 atom stereocenters. The minimum absolute atomic E-state index is 0.699. The highest BCUT2D eigenvalue weighted by atomic mass is 16.4. The fraction of sp³-hybridized carbons (Fsp3) is 0.455. The molecule has 1 saturated heterocycles. The Morgan fingerprint density at radius 3 is 2.80 bits per heavy atom. The molecule has 0 aromatic carbocycles. The molecule has 1 aliphatic heterocycles. The molecule has 80 valence electrons. The molecule has 0 saturated carbocycles. The number of pyridine rings is 1. The third kappa shape index (κ3) is 1.56. The molecular formula is C11H14N2O2. The van der Waals surface area contributed by atoms with Crippen LogP contribution >= 0.6 is 0 Å². The van der Waals surface area contributed by atoms with Crippen molar-refractivity contribution in [3.05, 3.63) is 24.5 Å². The SMILES string of the molecule is CC1(C(=O)O)CCCN1c1ccncc1. The molecule has 2 heterocycles. The molecule has 1 aromatic rings. The normalized spacial score (nSPS) is 25.5. The first-order valence-corrected chi connectivity index (χ1v) is 5.06. The molecule has 0 spiro atoms. The smallest absolute Gasteiger partial charge is 0.329 e. The van der Waals surface area contributed by atoms with Gasteiger partial charge >= 0.3 is 5.97 Å². The van der Waals surface area contributed by atoms with Crippen LogP contribution in [0.2, 0.25) is 0 Å². The molecule has 1 fully saturated rings. The molecule has 1 unspecified atom stereocenters. The van der Waals surface area contributed by atoms with E-state index in [0.717, 1.165) is 18.7 Å². The van der Waals surface area contributed by atoms with Gasteiger partial charge in [0.25, 0.3) is 0 Å². The summed E-state index contributed by atoms with van der Waals surface area (Å²) in [6.45, 7) is 2.58. The predicted octanol–water partition coefficient (Wildman–Crippen LogP) is 1.53. The van der Waals surface area contributed by atoms with Crippen molar-refractivity contribution < 1.29 is 9.90 Å². The lowest BCUT2D eigenvalue weighted by molar-refractivity contribution is -0.142. The van der Waals surface area contributed by atoms with E-state index in [1.165, 1.54) is 0 Å². The van der Waals surface area contributed by atoms with E-state index in [1.54, 1.807) is 19.3 Å². The van der Waals surface area contributed by atoms with Gasteiger partial charge in [-0.3, -0.25) is 4.98 Å². The maximum atomic E-state index is 11.2. The molecule has 4 heteroatoms. The predicted molar refractivity (Wildman–Crippen MR) is 56.9 cm³/mol. The summed E-state index contributed by atoms with van der Waals surface area (Å²) in [6.07, 6.45) is 5.00. The van der Waals surface area contributed by atoms with E-state index in [0.29, 0.717) is 6.42 Å². The number of nitrogens with zero attached hydrogens (tertiary/aromatic N) is 2. The summed E-state index contributed by atoms with van der Waals surface area (Å²) in [5, 5.41) is 9.25. The van der Waals surface area contributed by atoms with Gasteiger partial charge in [0.1, 0.15) is 5.54 Å². The number of aliphatic carboxylic acids is 1. The number of aromatic nitrogens is 1. The number of carbonyl (C=O) groups is 1. The highest BCUT2D eigenvalue weighted by molar-refractivity contribution is 5.83. The summed E-state index contributed by atoms with van der Waals surface area (Å²) in [5.41, 5.74) is 0.175. The van der Waals surface area contributed by atoms with Crippen molar-refractivity contribution in [1.82, 2.24) is 4.98 Å². The van der Waals surface area contributed by atoms with E-state index in [-0.39, 0.29) is 0 Å². The van der Waals surface area contributed by atoms with Crippen LogP contribution in [0.4, 0.5) is 5.69 Å². The van der Waals surface area contributed by atoms with Gasteiger partial charge in [-0.1, -0.05) is 0 Å². The largest absolute Gasteiger partial charge is 0.480 e. The molecule has 4 nitrogen and oxygen atoms in total. The lowest BCUT2D eigenvalue weighted by Gasteiger charge is -2.32. The summed E-state index contributed by atoms with van der Waals surface area (Å²) >= 11 is 0. The zero-order chi connectivity index (χ0) is 10.9. The molecule has 1 N–H and O–H groups in total. The number of carboxylic acids is 1. The molecule has 0 amide bonds. The van der Waals surface area contributed by atoms with E-state index >= 15 is 0 Å². The lowest BCUT2D eigenvalue weighted by Crippen LogP contribution is -2.48. The van der Waals surface area contributed by atoms with Gasteiger partial charge in [0.2, 0.25) is 0 Å². The average Bonchev–Trinajstić information content (AvgIpc) is 2.63. The fourth-order valence-corrected chi connectivity index (χ4v) is 2.12. The van der Waals surface area contributed by atoms with Crippen LogP contribution in [0, 0.1) is 0 Å². The van der Waals surface area contributed by atoms with Crippen LogP contribution in [0.5, 0.6) is 0 Å². The number of hydrogen-bond donors (Lipinski definition) is 1. The Morgan fingerprint density at radius 1 is 1.53 bits per heavy atom. The molecule has 1 aliphatic rings. The maximum absolute atomic E-state index is 11.2. The van der Waals surface area contributed by atoms with Gasteiger partial charge in [-0.25, -0.2) is 4.79 Å². The molecule has 1 aromatic heterocycles. The van der Waals surface area contributed by atoms with Gasteiger partial charge in [-0.05, 0) is 31.9 Å². The zero-order valence-corrected chi connectivity index (χ0v) is 8.68. The molecular weight excluding hydrogens is 192 g/mol. The fourth-order valence-electron chi connectivity index (χ4n) is 2.12. The van der Waals surface area contributed by atoms with Crippen molar-refractivity contribution in [2.75, 3.05) is 11.4 Å². The van der Waals surface area contributed by atoms with Crippen LogP contribution in [0.25, 0.3) is 0 Å². The number of hydrogen-bond acceptors (Lipinski definition) is 3. The highest BCUT2D eigenvalue weighted by Crippen LogP contribution is 2.33. The van der Waals surface area contributed by atoms with E-state index < -0.39 is 11.5 Å². The topological polar surface area (TPSA) is 53.4 Å². The van der Waals surface area contributed by atoms with Crippen molar-refractivity contribution in [2.24, 2.45) is 0 Å². The Labute approximate surface area is 88.6 Å². The van der Waals surface area contributed by atoms with Crippen molar-refractivity contribution >= 4 is 11.7 Å². The molecule has 0 aliphatic carbocycles. The monoisotopic (exact) mass is 206 g/mol. The summed E-state index contributed by atoms with van der Waals surface area (Å²) < 4.78 is 0. The Balaban J connectivity index is 2.34. The summed E-state index contributed by atoms with van der Waals surface area (Å²) in [4.78, 5) is 17.1. The third-order valence-corrected chi connectivity index (χ3v) is 3.08. The van der Waals surface area contributed by atoms with Crippen LogP contribution in [0.3, 0.4) is 0 Å². The third-order valence-electron chi connectivity index (χ3n) is 3.08. The van der Waals surface area contributed by atoms with E-state index in [1.807, 2.05) is 17.0 Å². The maximum Gasteiger partial charge on any atom is 0.329 e. The van der Waals surface area contributed by atoms with E-state index in [4.69, 9.17) is 0 Å². The van der Waals surface area contributed by atoms with Gasteiger partial charge in [-0.15, -0.1) is 0 Å². The highest BCUT2D eigenvalue weighted by Gasteiger charge is 2.43. The van der Waals surface area contributed by atoms with Crippen LogP contribution in [-0.2, 0) is 4.79 Å². The van der Waals surface area contributed by atoms with Crippen LogP contribution in [-0.4, -0.2) is 28.1 Å². The number of rotatable bonds is 2. The van der Waals surface area contributed by atoms with Crippen molar-refractivity contribution in [3.8, 4) is 0 Å². The second kappa shape index (κ2) is 3.53. The van der Waals surface area contributed by atoms with Gasteiger partial charge in [0.15, 0.2) is 0 Å². The van der Waals surface area contributed by atoms with Crippen molar-refractivity contribution in [3.63, 3.8) is 0 Å². The first-order chi connectivity index (χ1) is 7.14. The van der Waals surface area contributed by atoms with Crippen LogP contribution < -0.4 is 4.90 Å². The Hall–Kier alpha value is -1.58. The molecule has 0 bridgehead atoms. The summed E-state index contributed by atoms with van der Waals surface area (Å²) in [5.74, 6) is -0.753. The standard InChI is InChI=1S/C11H14N2O2/c1-11(10(14)15)5-2-8-13(11)9-3-6-12-7-4-9/h3-4,6-7H,2,5,8H2,1H3,(H,14,15). The van der Waals surface area contributed by atoms with Gasteiger partial charge in [0, 0.05) is 24.6 Å². The van der Waals surface area contributed by atoms with E-state index in [2.05, 4.69) is 4.98 Å². The van der Waals surface area contributed by atoms with Gasteiger partial charge < -0.3 is 10.0 Å². The van der Waals surface area contributed by atoms with Gasteiger partial charge in [-0.2, -0.15) is 0 Å². The minimum atomic E-state index is -0.763. The number of anilines is 1. The first-order valence-electron chi connectivity index (χ1n) is 5.06.